The molecule has 0 unspecified atom stereocenters. The van der Waals surface area contributed by atoms with Crippen LogP contribution in [-0.4, -0.2) is 41.0 Å². The van der Waals surface area contributed by atoms with Crippen LogP contribution in [0.3, 0.4) is 0 Å². The molecule has 0 spiro atoms. The van der Waals surface area contributed by atoms with E-state index in [1.165, 1.54) is 11.1 Å². The first kappa shape index (κ1) is 21.2. The third kappa shape index (κ3) is 6.01. The van der Waals surface area contributed by atoms with Crippen LogP contribution in [0.25, 0.3) is 0 Å². The molecule has 0 saturated heterocycles. The molecule has 0 aliphatic rings. The summed E-state index contributed by atoms with van der Waals surface area (Å²) in [5, 5.41) is 20.7. The fourth-order valence-corrected chi connectivity index (χ4v) is 3.14. The number of guanidine groups is 1. The number of aromatic hydroxyl groups is 1. The van der Waals surface area contributed by atoms with Crippen LogP contribution in [0.2, 0.25) is 0 Å². The lowest BCUT2D eigenvalue weighted by atomic mass is 10.1. The number of benzene rings is 2. The van der Waals surface area contributed by atoms with Gasteiger partial charge in [-0.1, -0.05) is 30.3 Å². The minimum atomic E-state index is 0.151. The Bertz CT molecular complexity index is 954. The molecule has 2 aromatic carbocycles. The van der Waals surface area contributed by atoms with Crippen molar-refractivity contribution in [1.29, 1.82) is 0 Å². The van der Waals surface area contributed by atoms with Gasteiger partial charge in [0.05, 0.1) is 20.2 Å². The number of aromatic nitrogens is 2. The normalized spacial score (nSPS) is 11.3. The quantitative estimate of drug-likeness (QED) is 0.375. The van der Waals surface area contributed by atoms with E-state index >= 15 is 0 Å². The van der Waals surface area contributed by atoms with Gasteiger partial charge in [0, 0.05) is 25.5 Å². The van der Waals surface area contributed by atoms with E-state index in [9.17, 15) is 5.11 Å². The van der Waals surface area contributed by atoms with Crippen LogP contribution >= 0.6 is 0 Å². The van der Waals surface area contributed by atoms with Crippen molar-refractivity contribution in [2.24, 2.45) is 4.99 Å². The van der Waals surface area contributed by atoms with E-state index in [2.05, 4.69) is 27.9 Å². The van der Waals surface area contributed by atoms with Crippen molar-refractivity contribution >= 4 is 5.96 Å². The predicted octanol–water partition coefficient (Wildman–Crippen LogP) is 2.94. The standard InChI is InChI=1S/C23H29N5O2/c1-3-24-23(25-13-11-18-9-10-21(29)22(15-18)30-2)26-16-19-7-4-5-8-20(19)17-28-14-6-12-27-28/h4-10,12,14-15,29H,3,11,13,16-17H2,1-2H3,(H2,24,25,26). The van der Waals surface area contributed by atoms with Crippen LogP contribution in [-0.2, 0) is 19.5 Å². The molecule has 0 fully saturated rings. The molecule has 7 heteroatoms. The number of methoxy groups -OCH3 is 1. The Kier molecular flexibility index (Phi) is 7.71. The van der Waals surface area contributed by atoms with E-state index in [0.29, 0.717) is 18.8 Å². The van der Waals surface area contributed by atoms with Crippen LogP contribution in [0, 0.1) is 0 Å². The van der Waals surface area contributed by atoms with Gasteiger partial charge >= 0.3 is 0 Å². The summed E-state index contributed by atoms with van der Waals surface area (Å²) in [7, 11) is 1.55. The van der Waals surface area contributed by atoms with Crippen LogP contribution in [0.5, 0.6) is 11.5 Å². The maximum absolute atomic E-state index is 9.72. The first-order chi connectivity index (χ1) is 14.7. The van der Waals surface area contributed by atoms with Gasteiger partial charge in [-0.3, -0.25) is 4.68 Å². The number of aliphatic imine (C=N–C) groups is 1. The first-order valence-electron chi connectivity index (χ1n) is 10.1. The zero-order chi connectivity index (χ0) is 21.2. The molecule has 3 aromatic rings. The zero-order valence-electron chi connectivity index (χ0n) is 17.5. The van der Waals surface area contributed by atoms with E-state index in [-0.39, 0.29) is 5.75 Å². The number of rotatable bonds is 9. The van der Waals surface area contributed by atoms with E-state index < -0.39 is 0 Å². The maximum atomic E-state index is 9.72. The molecule has 0 radical (unpaired) electrons. The van der Waals surface area contributed by atoms with Gasteiger partial charge in [-0.2, -0.15) is 5.10 Å². The summed E-state index contributed by atoms with van der Waals surface area (Å²) in [6, 6.07) is 15.6. The van der Waals surface area contributed by atoms with Crippen LogP contribution in [0.4, 0.5) is 0 Å². The van der Waals surface area contributed by atoms with Crippen molar-refractivity contribution < 1.29 is 9.84 Å². The topological polar surface area (TPSA) is 83.7 Å². The van der Waals surface area contributed by atoms with Crippen molar-refractivity contribution in [3.8, 4) is 11.5 Å². The van der Waals surface area contributed by atoms with Crippen molar-refractivity contribution in [2.45, 2.75) is 26.4 Å². The number of phenolic OH excluding ortho intramolecular Hbond substituents is 1. The summed E-state index contributed by atoms with van der Waals surface area (Å²) in [6.07, 6.45) is 4.54. The summed E-state index contributed by atoms with van der Waals surface area (Å²) >= 11 is 0. The van der Waals surface area contributed by atoms with Gasteiger partial charge in [-0.05, 0) is 48.2 Å². The van der Waals surface area contributed by atoms with Crippen LogP contribution < -0.4 is 15.4 Å². The van der Waals surface area contributed by atoms with Crippen LogP contribution in [0.1, 0.15) is 23.6 Å². The molecule has 3 N–H and O–H groups in total. The van der Waals surface area contributed by atoms with Gasteiger partial charge in [0.25, 0.3) is 0 Å². The summed E-state index contributed by atoms with van der Waals surface area (Å²) in [5.74, 6) is 1.41. The number of ether oxygens (including phenoxy) is 1. The molecule has 0 saturated carbocycles. The average molecular weight is 408 g/mol. The van der Waals surface area contributed by atoms with E-state index in [1.807, 2.05) is 48.1 Å². The Morgan fingerprint density at radius 2 is 1.97 bits per heavy atom. The fraction of sp³-hybridized carbons (Fsp3) is 0.304. The highest BCUT2D eigenvalue weighted by molar-refractivity contribution is 5.79. The number of nitrogens with one attached hydrogen (secondary N) is 2. The third-order valence-corrected chi connectivity index (χ3v) is 4.71. The minimum absolute atomic E-state index is 0.151. The fourth-order valence-electron chi connectivity index (χ4n) is 3.14. The molecule has 0 aliphatic heterocycles. The van der Waals surface area contributed by atoms with Crippen molar-refractivity contribution in [3.05, 3.63) is 77.6 Å². The Hall–Kier alpha value is -3.48. The van der Waals surface area contributed by atoms with Gasteiger partial charge in [-0.25, -0.2) is 4.99 Å². The number of hydrogen-bond donors (Lipinski definition) is 3. The smallest absolute Gasteiger partial charge is 0.191 e. The molecular weight excluding hydrogens is 378 g/mol. The van der Waals surface area contributed by atoms with Crippen molar-refractivity contribution in [1.82, 2.24) is 20.4 Å². The second-order valence-electron chi connectivity index (χ2n) is 6.85. The number of nitrogens with zero attached hydrogens (tertiary/aromatic N) is 3. The molecule has 3 rings (SSSR count). The molecule has 0 bridgehead atoms. The number of hydrogen-bond acceptors (Lipinski definition) is 4. The predicted molar refractivity (Wildman–Crippen MR) is 119 cm³/mol. The van der Waals surface area contributed by atoms with Crippen LogP contribution in [0.15, 0.2) is 65.9 Å². The van der Waals surface area contributed by atoms with Gasteiger partial charge in [0.1, 0.15) is 0 Å². The van der Waals surface area contributed by atoms with Gasteiger partial charge in [-0.15, -0.1) is 0 Å². The highest BCUT2D eigenvalue weighted by atomic mass is 16.5. The number of phenols is 1. The Labute approximate surface area is 177 Å². The molecule has 30 heavy (non-hydrogen) atoms. The van der Waals surface area contributed by atoms with Gasteiger partial charge in [0.2, 0.25) is 0 Å². The monoisotopic (exact) mass is 407 g/mol. The molecule has 0 amide bonds. The largest absolute Gasteiger partial charge is 0.504 e. The molecule has 0 atom stereocenters. The molecule has 1 heterocycles. The maximum Gasteiger partial charge on any atom is 0.191 e. The average Bonchev–Trinajstić information content (AvgIpc) is 3.27. The highest BCUT2D eigenvalue weighted by Gasteiger charge is 2.05. The lowest BCUT2D eigenvalue weighted by Gasteiger charge is -2.13. The summed E-state index contributed by atoms with van der Waals surface area (Å²) in [5.41, 5.74) is 3.46. The lowest BCUT2D eigenvalue weighted by Crippen LogP contribution is -2.38. The molecular formula is C23H29N5O2. The molecule has 0 aliphatic carbocycles. The molecule has 1 aromatic heterocycles. The summed E-state index contributed by atoms with van der Waals surface area (Å²) in [6.45, 7) is 4.86. The SMILES string of the molecule is CCNC(=NCc1ccccc1Cn1cccn1)NCCc1ccc(O)c(OC)c1. The van der Waals surface area contributed by atoms with E-state index in [4.69, 9.17) is 9.73 Å². The van der Waals surface area contributed by atoms with Gasteiger partial charge in [0.15, 0.2) is 17.5 Å². The van der Waals surface area contributed by atoms with Crippen molar-refractivity contribution in [2.75, 3.05) is 20.2 Å². The minimum Gasteiger partial charge on any atom is -0.504 e. The van der Waals surface area contributed by atoms with E-state index in [0.717, 1.165) is 31.0 Å². The summed E-state index contributed by atoms with van der Waals surface area (Å²) < 4.78 is 7.09. The molecule has 158 valence electrons. The second kappa shape index (κ2) is 10.9. The highest BCUT2D eigenvalue weighted by Crippen LogP contribution is 2.26. The van der Waals surface area contributed by atoms with E-state index in [1.54, 1.807) is 19.4 Å². The second-order valence-corrected chi connectivity index (χ2v) is 6.85. The Morgan fingerprint density at radius 3 is 2.70 bits per heavy atom. The Balaban J connectivity index is 1.61. The Morgan fingerprint density at radius 1 is 1.13 bits per heavy atom. The molecule has 7 nitrogen and oxygen atoms in total. The third-order valence-electron chi connectivity index (χ3n) is 4.71. The zero-order valence-corrected chi connectivity index (χ0v) is 17.5. The lowest BCUT2D eigenvalue weighted by molar-refractivity contribution is 0.373. The summed E-state index contributed by atoms with van der Waals surface area (Å²) in [4.78, 5) is 4.75. The van der Waals surface area contributed by atoms with Crippen molar-refractivity contribution in [3.63, 3.8) is 0 Å². The van der Waals surface area contributed by atoms with Gasteiger partial charge < -0.3 is 20.5 Å². The first-order valence-corrected chi connectivity index (χ1v) is 10.1.